The predicted molar refractivity (Wildman–Crippen MR) is 77.5 cm³/mol. The third-order valence-corrected chi connectivity index (χ3v) is 3.04. The summed E-state index contributed by atoms with van der Waals surface area (Å²) in [5, 5.41) is 22.1. The second-order valence-corrected chi connectivity index (χ2v) is 4.84. The number of amides is 1. The number of anilines is 1. The molecule has 0 spiro atoms. The molecule has 0 heterocycles. The standard InChI is InChI=1S/C16H16FNO3/c1-10-5-6-13(15(20)7-10)18-16(21)9-14(19)11-3-2-4-12(17)8-11/h2-8,14,19-20H,9H2,1H3,(H,18,21). The van der Waals surface area contributed by atoms with Crippen LogP contribution < -0.4 is 5.32 Å². The minimum absolute atomic E-state index is 0.0383. The van der Waals surface area contributed by atoms with Crippen LogP contribution in [-0.2, 0) is 4.79 Å². The lowest BCUT2D eigenvalue weighted by Crippen LogP contribution is -2.15. The monoisotopic (exact) mass is 289 g/mol. The lowest BCUT2D eigenvalue weighted by atomic mass is 10.1. The van der Waals surface area contributed by atoms with E-state index in [9.17, 15) is 19.4 Å². The molecule has 0 saturated carbocycles. The highest BCUT2D eigenvalue weighted by molar-refractivity contribution is 5.92. The molecule has 1 unspecified atom stereocenters. The van der Waals surface area contributed by atoms with Crippen LogP contribution in [0, 0.1) is 12.7 Å². The van der Waals surface area contributed by atoms with Crippen molar-refractivity contribution in [3.63, 3.8) is 0 Å². The van der Waals surface area contributed by atoms with Gasteiger partial charge in [0.05, 0.1) is 18.2 Å². The third-order valence-electron chi connectivity index (χ3n) is 3.04. The molecular weight excluding hydrogens is 273 g/mol. The molecular formula is C16H16FNO3. The first-order chi connectivity index (χ1) is 9.95. The fraction of sp³-hybridized carbons (Fsp3) is 0.188. The molecule has 0 saturated heterocycles. The van der Waals surface area contributed by atoms with Crippen LogP contribution in [0.15, 0.2) is 42.5 Å². The van der Waals surface area contributed by atoms with Gasteiger partial charge in [0.1, 0.15) is 11.6 Å². The molecule has 0 fully saturated rings. The molecule has 4 nitrogen and oxygen atoms in total. The summed E-state index contributed by atoms with van der Waals surface area (Å²) in [6.07, 6.45) is -1.33. The number of hydrogen-bond acceptors (Lipinski definition) is 3. The Balaban J connectivity index is 2.01. The maximum Gasteiger partial charge on any atom is 0.227 e. The van der Waals surface area contributed by atoms with Crippen molar-refractivity contribution in [2.75, 3.05) is 5.32 Å². The molecule has 2 aromatic carbocycles. The number of phenols is 1. The topological polar surface area (TPSA) is 69.6 Å². The second-order valence-electron chi connectivity index (χ2n) is 4.84. The van der Waals surface area contributed by atoms with Crippen molar-refractivity contribution in [2.24, 2.45) is 0 Å². The number of phenolic OH excluding ortho intramolecular Hbond substituents is 1. The van der Waals surface area contributed by atoms with Gasteiger partial charge in [0.15, 0.2) is 0 Å². The molecule has 2 aromatic rings. The summed E-state index contributed by atoms with van der Waals surface area (Å²) >= 11 is 0. The molecule has 0 aliphatic rings. The molecule has 0 aromatic heterocycles. The Morgan fingerprint density at radius 3 is 2.71 bits per heavy atom. The van der Waals surface area contributed by atoms with E-state index in [4.69, 9.17) is 0 Å². The summed E-state index contributed by atoms with van der Waals surface area (Å²) < 4.78 is 13.1. The van der Waals surface area contributed by atoms with Gasteiger partial charge < -0.3 is 15.5 Å². The van der Waals surface area contributed by atoms with E-state index in [0.717, 1.165) is 5.56 Å². The number of carbonyl (C=O) groups is 1. The average Bonchev–Trinajstić information content (AvgIpc) is 2.42. The Bertz CT molecular complexity index is 658. The number of nitrogens with one attached hydrogen (secondary N) is 1. The Hall–Kier alpha value is -2.40. The van der Waals surface area contributed by atoms with Gasteiger partial charge in [0.2, 0.25) is 5.91 Å². The number of carbonyl (C=O) groups excluding carboxylic acids is 1. The summed E-state index contributed by atoms with van der Waals surface area (Å²) in [5.41, 5.74) is 1.47. The smallest absolute Gasteiger partial charge is 0.227 e. The summed E-state index contributed by atoms with van der Waals surface area (Å²) in [4.78, 5) is 11.8. The summed E-state index contributed by atoms with van der Waals surface area (Å²) in [7, 11) is 0. The van der Waals surface area contributed by atoms with E-state index in [1.54, 1.807) is 18.2 Å². The summed E-state index contributed by atoms with van der Waals surface area (Å²) in [6, 6.07) is 10.3. The van der Waals surface area contributed by atoms with Crippen LogP contribution in [0.3, 0.4) is 0 Å². The van der Waals surface area contributed by atoms with Crippen LogP contribution in [0.5, 0.6) is 5.75 Å². The van der Waals surface area contributed by atoms with Gasteiger partial charge in [-0.1, -0.05) is 18.2 Å². The highest BCUT2D eigenvalue weighted by Gasteiger charge is 2.14. The van der Waals surface area contributed by atoms with Crippen molar-refractivity contribution < 1.29 is 19.4 Å². The SMILES string of the molecule is Cc1ccc(NC(=O)CC(O)c2cccc(F)c2)c(O)c1. The minimum atomic E-state index is -1.10. The zero-order valence-electron chi connectivity index (χ0n) is 11.5. The van der Waals surface area contributed by atoms with E-state index in [-0.39, 0.29) is 17.9 Å². The van der Waals surface area contributed by atoms with E-state index in [1.165, 1.54) is 24.3 Å². The van der Waals surface area contributed by atoms with E-state index >= 15 is 0 Å². The molecule has 21 heavy (non-hydrogen) atoms. The third kappa shape index (κ3) is 4.03. The van der Waals surface area contributed by atoms with E-state index in [1.807, 2.05) is 6.92 Å². The molecule has 1 atom stereocenters. The van der Waals surface area contributed by atoms with Crippen molar-refractivity contribution >= 4 is 11.6 Å². The maximum atomic E-state index is 13.1. The number of aryl methyl sites for hydroxylation is 1. The highest BCUT2D eigenvalue weighted by atomic mass is 19.1. The number of benzene rings is 2. The molecule has 3 N–H and O–H groups in total. The number of aliphatic hydroxyl groups excluding tert-OH is 1. The maximum absolute atomic E-state index is 13.1. The molecule has 5 heteroatoms. The van der Waals surface area contributed by atoms with E-state index in [0.29, 0.717) is 5.56 Å². The van der Waals surface area contributed by atoms with Gasteiger partial charge in [-0.05, 0) is 42.3 Å². The Labute approximate surface area is 121 Å². The van der Waals surface area contributed by atoms with Gasteiger partial charge in [0.25, 0.3) is 0 Å². The molecule has 2 rings (SSSR count). The number of aliphatic hydroxyl groups is 1. The van der Waals surface area contributed by atoms with E-state index < -0.39 is 17.8 Å². The molecule has 0 radical (unpaired) electrons. The Morgan fingerprint density at radius 1 is 1.29 bits per heavy atom. The summed E-state index contributed by atoms with van der Waals surface area (Å²) in [5.74, 6) is -0.974. The van der Waals surface area contributed by atoms with Crippen LogP contribution in [-0.4, -0.2) is 16.1 Å². The second kappa shape index (κ2) is 6.37. The van der Waals surface area contributed by atoms with E-state index in [2.05, 4.69) is 5.32 Å². The fourth-order valence-electron chi connectivity index (χ4n) is 1.96. The molecule has 0 bridgehead atoms. The van der Waals surface area contributed by atoms with Gasteiger partial charge in [-0.3, -0.25) is 4.79 Å². The van der Waals surface area contributed by atoms with Crippen LogP contribution in [0.4, 0.5) is 10.1 Å². The quantitative estimate of drug-likeness (QED) is 0.758. The van der Waals surface area contributed by atoms with Crippen molar-refractivity contribution in [3.8, 4) is 5.75 Å². The Kier molecular flexibility index (Phi) is 4.55. The van der Waals surface area contributed by atoms with Crippen molar-refractivity contribution in [2.45, 2.75) is 19.4 Å². The van der Waals surface area contributed by atoms with Gasteiger partial charge in [-0.2, -0.15) is 0 Å². The van der Waals surface area contributed by atoms with Crippen molar-refractivity contribution in [1.29, 1.82) is 0 Å². The lowest BCUT2D eigenvalue weighted by Gasteiger charge is -2.12. The molecule has 0 aliphatic heterocycles. The van der Waals surface area contributed by atoms with Crippen LogP contribution in [0.25, 0.3) is 0 Å². The first kappa shape index (κ1) is 15.0. The van der Waals surface area contributed by atoms with Gasteiger partial charge in [0, 0.05) is 0 Å². The number of aromatic hydroxyl groups is 1. The van der Waals surface area contributed by atoms with Crippen LogP contribution in [0.1, 0.15) is 23.7 Å². The molecule has 1 amide bonds. The fourth-order valence-corrected chi connectivity index (χ4v) is 1.96. The predicted octanol–water partition coefficient (Wildman–Crippen LogP) is 2.90. The van der Waals surface area contributed by atoms with Gasteiger partial charge in [-0.15, -0.1) is 0 Å². The lowest BCUT2D eigenvalue weighted by molar-refractivity contribution is -0.118. The first-order valence-corrected chi connectivity index (χ1v) is 6.48. The number of halogens is 1. The minimum Gasteiger partial charge on any atom is -0.506 e. The molecule has 110 valence electrons. The van der Waals surface area contributed by atoms with Crippen molar-refractivity contribution in [3.05, 3.63) is 59.4 Å². The van der Waals surface area contributed by atoms with Crippen LogP contribution in [0.2, 0.25) is 0 Å². The van der Waals surface area contributed by atoms with Crippen molar-refractivity contribution in [1.82, 2.24) is 0 Å². The molecule has 0 aliphatic carbocycles. The normalized spacial score (nSPS) is 12.0. The summed E-state index contributed by atoms with van der Waals surface area (Å²) in [6.45, 7) is 1.82. The number of hydrogen-bond donors (Lipinski definition) is 3. The zero-order valence-corrected chi connectivity index (χ0v) is 11.5. The van der Waals surface area contributed by atoms with Crippen LogP contribution >= 0.6 is 0 Å². The Morgan fingerprint density at radius 2 is 2.05 bits per heavy atom. The largest absolute Gasteiger partial charge is 0.506 e. The zero-order chi connectivity index (χ0) is 15.4. The highest BCUT2D eigenvalue weighted by Crippen LogP contribution is 2.25. The first-order valence-electron chi connectivity index (χ1n) is 6.48. The van der Waals surface area contributed by atoms with Gasteiger partial charge >= 0.3 is 0 Å². The van der Waals surface area contributed by atoms with Gasteiger partial charge in [-0.25, -0.2) is 4.39 Å². The average molecular weight is 289 g/mol. The number of rotatable bonds is 4.